The number of amides is 2. The van der Waals surface area contributed by atoms with Gasteiger partial charge in [-0.15, -0.1) is 0 Å². The van der Waals surface area contributed by atoms with Crippen molar-refractivity contribution in [1.29, 1.82) is 0 Å². The highest BCUT2D eigenvalue weighted by Gasteiger charge is 2.15. The van der Waals surface area contributed by atoms with Gasteiger partial charge in [-0.05, 0) is 24.6 Å². The molecular weight excluding hydrogens is 328 g/mol. The summed E-state index contributed by atoms with van der Waals surface area (Å²) in [5.74, 6) is -1.09. The van der Waals surface area contributed by atoms with Gasteiger partial charge in [0.05, 0.1) is 11.3 Å². The first-order valence-electron chi connectivity index (χ1n) is 5.99. The highest BCUT2D eigenvalue weighted by molar-refractivity contribution is 9.10. The van der Waals surface area contributed by atoms with E-state index in [-0.39, 0.29) is 17.3 Å². The summed E-state index contributed by atoms with van der Waals surface area (Å²) in [6, 6.07) is 4.25. The van der Waals surface area contributed by atoms with Crippen molar-refractivity contribution < 1.29 is 19.4 Å². The number of urea groups is 1. The van der Waals surface area contributed by atoms with E-state index < -0.39 is 5.97 Å². The van der Waals surface area contributed by atoms with Gasteiger partial charge in [0.2, 0.25) is 0 Å². The van der Waals surface area contributed by atoms with Crippen LogP contribution in [0.15, 0.2) is 22.7 Å². The molecule has 1 aromatic carbocycles. The van der Waals surface area contributed by atoms with Crippen LogP contribution in [0.2, 0.25) is 0 Å². The van der Waals surface area contributed by atoms with Crippen molar-refractivity contribution in [2.45, 2.75) is 6.42 Å². The van der Waals surface area contributed by atoms with Crippen LogP contribution >= 0.6 is 15.9 Å². The van der Waals surface area contributed by atoms with Crippen molar-refractivity contribution in [1.82, 2.24) is 4.90 Å². The number of carbonyl (C=O) groups is 2. The Balaban J connectivity index is 2.74. The molecule has 0 heterocycles. The summed E-state index contributed by atoms with van der Waals surface area (Å²) in [4.78, 5) is 24.5. The molecule has 0 aromatic heterocycles. The Labute approximate surface area is 125 Å². The number of carbonyl (C=O) groups excluding carboxylic acids is 1. The Kier molecular flexibility index (Phi) is 6.47. The molecule has 0 aliphatic heterocycles. The summed E-state index contributed by atoms with van der Waals surface area (Å²) in [6.07, 6.45) is 0.713. The number of anilines is 1. The molecule has 2 amide bonds. The fraction of sp³-hybridized carbons (Fsp3) is 0.385. The van der Waals surface area contributed by atoms with Crippen LogP contribution in [0.5, 0.6) is 0 Å². The van der Waals surface area contributed by atoms with Crippen LogP contribution in [-0.4, -0.2) is 49.3 Å². The lowest BCUT2D eigenvalue weighted by Gasteiger charge is -2.18. The number of hydrogen-bond donors (Lipinski definition) is 2. The first-order valence-corrected chi connectivity index (χ1v) is 6.79. The number of nitrogens with zero attached hydrogens (tertiary/aromatic N) is 1. The van der Waals surface area contributed by atoms with Crippen LogP contribution in [0, 0.1) is 0 Å². The predicted octanol–water partition coefficient (Wildman–Crippen LogP) is 2.65. The molecule has 1 rings (SSSR count). The molecule has 1 aromatic rings. The molecule has 0 atom stereocenters. The van der Waals surface area contributed by atoms with E-state index in [1.807, 2.05) is 0 Å². The maximum Gasteiger partial charge on any atom is 0.337 e. The van der Waals surface area contributed by atoms with Gasteiger partial charge in [0.1, 0.15) is 0 Å². The van der Waals surface area contributed by atoms with Crippen molar-refractivity contribution in [3.8, 4) is 0 Å². The summed E-state index contributed by atoms with van der Waals surface area (Å²) in [6.45, 7) is 1.09. The van der Waals surface area contributed by atoms with E-state index >= 15 is 0 Å². The fourth-order valence-electron chi connectivity index (χ4n) is 1.56. The molecule has 6 nitrogen and oxygen atoms in total. The lowest BCUT2D eigenvalue weighted by atomic mass is 10.2. The number of halogens is 1. The Bertz CT molecular complexity index is 493. The highest BCUT2D eigenvalue weighted by atomic mass is 79.9. The van der Waals surface area contributed by atoms with Crippen molar-refractivity contribution in [3.05, 3.63) is 28.2 Å². The van der Waals surface area contributed by atoms with Crippen LogP contribution in [0.4, 0.5) is 10.5 Å². The maximum atomic E-state index is 12.0. The lowest BCUT2D eigenvalue weighted by Crippen LogP contribution is -2.33. The molecule has 0 fully saturated rings. The zero-order valence-corrected chi connectivity index (χ0v) is 12.9. The largest absolute Gasteiger partial charge is 0.478 e. The maximum absolute atomic E-state index is 12.0. The summed E-state index contributed by atoms with van der Waals surface area (Å²) in [7, 11) is 3.24. The van der Waals surface area contributed by atoms with E-state index in [2.05, 4.69) is 21.2 Å². The molecule has 2 N–H and O–H groups in total. The predicted molar refractivity (Wildman–Crippen MR) is 79.2 cm³/mol. The van der Waals surface area contributed by atoms with Gasteiger partial charge in [-0.3, -0.25) is 0 Å². The Morgan fingerprint density at radius 2 is 2.15 bits per heavy atom. The highest BCUT2D eigenvalue weighted by Crippen LogP contribution is 2.21. The molecular formula is C13H17BrN2O4. The molecule has 0 spiro atoms. The zero-order valence-electron chi connectivity index (χ0n) is 11.4. The lowest BCUT2D eigenvalue weighted by molar-refractivity contribution is 0.0698. The van der Waals surface area contributed by atoms with Gasteiger partial charge in [0.25, 0.3) is 0 Å². The van der Waals surface area contributed by atoms with Crippen LogP contribution in [0.1, 0.15) is 16.8 Å². The average Bonchev–Trinajstić information content (AvgIpc) is 2.38. The van der Waals surface area contributed by atoms with Crippen LogP contribution in [-0.2, 0) is 4.74 Å². The van der Waals surface area contributed by atoms with Gasteiger partial charge >= 0.3 is 12.0 Å². The molecule has 0 saturated heterocycles. The van der Waals surface area contributed by atoms with Crippen molar-refractivity contribution >= 4 is 33.6 Å². The minimum atomic E-state index is -1.09. The van der Waals surface area contributed by atoms with Gasteiger partial charge in [-0.2, -0.15) is 0 Å². The monoisotopic (exact) mass is 344 g/mol. The van der Waals surface area contributed by atoms with Gasteiger partial charge in [0.15, 0.2) is 0 Å². The molecule has 20 heavy (non-hydrogen) atoms. The number of rotatable bonds is 6. The first-order chi connectivity index (χ1) is 9.45. The second-order valence-corrected chi connectivity index (χ2v) is 5.11. The molecule has 0 aliphatic carbocycles. The van der Waals surface area contributed by atoms with Crippen LogP contribution in [0.3, 0.4) is 0 Å². The summed E-state index contributed by atoms with van der Waals surface area (Å²) < 4.78 is 5.61. The summed E-state index contributed by atoms with van der Waals surface area (Å²) in [5.41, 5.74) is 0.308. The average molecular weight is 345 g/mol. The zero-order chi connectivity index (χ0) is 15.1. The molecule has 7 heteroatoms. The summed E-state index contributed by atoms with van der Waals surface area (Å²) >= 11 is 3.25. The SMILES string of the molecule is COCCCN(C)C(=O)Nc1cc(Br)ccc1C(=O)O. The molecule has 110 valence electrons. The molecule has 0 bridgehead atoms. The number of carboxylic acids is 1. The minimum Gasteiger partial charge on any atom is -0.478 e. The van der Waals surface area contributed by atoms with Gasteiger partial charge < -0.3 is 20.1 Å². The standard InChI is InChI=1S/C13H17BrN2O4/c1-16(6-3-7-20-2)13(19)15-11-8-9(14)4-5-10(11)12(17)18/h4-5,8H,3,6-7H2,1-2H3,(H,15,19)(H,17,18). The number of aromatic carboxylic acids is 1. The van der Waals surface area contributed by atoms with Crippen molar-refractivity contribution in [3.63, 3.8) is 0 Å². The van der Waals surface area contributed by atoms with Crippen molar-refractivity contribution in [2.24, 2.45) is 0 Å². The third-order valence-corrected chi connectivity index (χ3v) is 3.14. The first kappa shape index (κ1) is 16.5. The number of ether oxygens (including phenoxy) is 1. The summed E-state index contributed by atoms with van der Waals surface area (Å²) in [5, 5.41) is 11.7. The molecule has 0 radical (unpaired) electrons. The smallest absolute Gasteiger partial charge is 0.337 e. The minimum absolute atomic E-state index is 0.0480. The Morgan fingerprint density at radius 3 is 2.75 bits per heavy atom. The normalized spacial score (nSPS) is 10.2. The third kappa shape index (κ3) is 4.82. The van der Waals surface area contributed by atoms with E-state index in [1.54, 1.807) is 26.3 Å². The van der Waals surface area contributed by atoms with E-state index in [0.717, 1.165) is 0 Å². The molecule has 0 aliphatic rings. The number of carboxylic acid groups (broad SMARTS) is 1. The fourth-order valence-corrected chi connectivity index (χ4v) is 1.93. The van der Waals surface area contributed by atoms with E-state index in [1.165, 1.54) is 11.0 Å². The Hall–Kier alpha value is -1.60. The van der Waals surface area contributed by atoms with Crippen LogP contribution in [0.25, 0.3) is 0 Å². The molecule has 0 unspecified atom stereocenters. The number of methoxy groups -OCH3 is 1. The van der Waals surface area contributed by atoms with Crippen LogP contribution < -0.4 is 5.32 Å². The third-order valence-electron chi connectivity index (χ3n) is 2.64. The van der Waals surface area contributed by atoms with E-state index in [9.17, 15) is 9.59 Å². The second kappa shape index (κ2) is 7.86. The van der Waals surface area contributed by atoms with Gasteiger partial charge in [-0.1, -0.05) is 15.9 Å². The second-order valence-electron chi connectivity index (χ2n) is 4.19. The quantitative estimate of drug-likeness (QED) is 0.777. The number of hydrogen-bond acceptors (Lipinski definition) is 3. The molecule has 0 saturated carbocycles. The van der Waals surface area contributed by atoms with E-state index in [4.69, 9.17) is 9.84 Å². The topological polar surface area (TPSA) is 78.9 Å². The number of benzene rings is 1. The Morgan fingerprint density at radius 1 is 1.45 bits per heavy atom. The van der Waals surface area contributed by atoms with Gasteiger partial charge in [-0.25, -0.2) is 9.59 Å². The van der Waals surface area contributed by atoms with Gasteiger partial charge in [0, 0.05) is 31.8 Å². The number of nitrogens with one attached hydrogen (secondary N) is 1. The van der Waals surface area contributed by atoms with Crippen molar-refractivity contribution in [2.75, 3.05) is 32.6 Å². The van der Waals surface area contributed by atoms with E-state index in [0.29, 0.717) is 24.0 Å².